The average molecular weight is 378 g/mol. The van der Waals surface area contributed by atoms with Crippen LogP contribution in [0.25, 0.3) is 5.65 Å². The number of piperidine rings is 1. The predicted molar refractivity (Wildman–Crippen MR) is 105 cm³/mol. The summed E-state index contributed by atoms with van der Waals surface area (Å²) in [5.74, 6) is 1.63. The van der Waals surface area contributed by atoms with Gasteiger partial charge in [-0.3, -0.25) is 14.3 Å². The van der Waals surface area contributed by atoms with E-state index in [1.807, 2.05) is 29.3 Å². The van der Waals surface area contributed by atoms with Gasteiger partial charge in [-0.2, -0.15) is 5.10 Å². The number of nitrogens with one attached hydrogen (secondary N) is 1. The van der Waals surface area contributed by atoms with Gasteiger partial charge in [0.1, 0.15) is 5.82 Å². The number of aryl methyl sites for hydroxylation is 2. The van der Waals surface area contributed by atoms with Gasteiger partial charge in [0.25, 0.3) is 0 Å². The van der Waals surface area contributed by atoms with Crippen molar-refractivity contribution in [3.8, 4) is 0 Å². The van der Waals surface area contributed by atoms with Crippen LogP contribution in [0.2, 0.25) is 0 Å². The van der Waals surface area contributed by atoms with E-state index in [-0.39, 0.29) is 5.91 Å². The number of H-pyrrole nitrogens is 1. The first-order valence-electron chi connectivity index (χ1n) is 10.4. The predicted octanol–water partition coefficient (Wildman–Crippen LogP) is 2.67. The average Bonchev–Trinajstić information content (AvgIpc) is 3.36. The fourth-order valence-electron chi connectivity index (χ4n) is 4.67. The SMILES string of the molecule is O=C(CCc1n[nH]c2c1CCCC2)N1CCC(c2nnc3ccccn23)CC1. The van der Waals surface area contributed by atoms with Crippen LogP contribution in [0.15, 0.2) is 24.4 Å². The Labute approximate surface area is 164 Å². The number of carbonyl (C=O) groups is 1. The van der Waals surface area contributed by atoms with Crippen LogP contribution in [0.5, 0.6) is 0 Å². The summed E-state index contributed by atoms with van der Waals surface area (Å²) in [6.07, 6.45) is 9.89. The molecule has 1 N–H and O–H groups in total. The van der Waals surface area contributed by atoms with Gasteiger partial charge in [-0.25, -0.2) is 0 Å². The van der Waals surface area contributed by atoms with E-state index >= 15 is 0 Å². The highest BCUT2D eigenvalue weighted by molar-refractivity contribution is 5.76. The molecule has 0 unspecified atom stereocenters. The minimum absolute atomic E-state index is 0.247. The van der Waals surface area contributed by atoms with E-state index in [1.54, 1.807) is 0 Å². The molecule has 4 heterocycles. The molecule has 1 aliphatic carbocycles. The van der Waals surface area contributed by atoms with E-state index < -0.39 is 0 Å². The van der Waals surface area contributed by atoms with Gasteiger partial charge in [-0.15, -0.1) is 10.2 Å². The lowest BCUT2D eigenvalue weighted by Crippen LogP contribution is -2.38. The van der Waals surface area contributed by atoms with Crippen molar-refractivity contribution in [3.05, 3.63) is 47.2 Å². The summed E-state index contributed by atoms with van der Waals surface area (Å²) in [6, 6.07) is 5.96. The van der Waals surface area contributed by atoms with Gasteiger partial charge >= 0.3 is 0 Å². The van der Waals surface area contributed by atoms with Gasteiger partial charge in [-0.05, 0) is 56.2 Å². The summed E-state index contributed by atoms with van der Waals surface area (Å²) in [6.45, 7) is 1.59. The molecule has 146 valence electrons. The number of fused-ring (bicyclic) bond motifs is 2. The number of aromatic amines is 1. The number of pyridine rings is 1. The van der Waals surface area contributed by atoms with Crippen molar-refractivity contribution in [2.75, 3.05) is 13.1 Å². The molecule has 1 aliphatic heterocycles. The summed E-state index contributed by atoms with van der Waals surface area (Å²) < 4.78 is 2.07. The Morgan fingerprint density at radius 1 is 1.14 bits per heavy atom. The van der Waals surface area contributed by atoms with Crippen LogP contribution in [0, 0.1) is 0 Å². The Hall–Kier alpha value is -2.70. The van der Waals surface area contributed by atoms with Crippen molar-refractivity contribution in [3.63, 3.8) is 0 Å². The quantitative estimate of drug-likeness (QED) is 0.757. The van der Waals surface area contributed by atoms with Crippen molar-refractivity contribution in [2.45, 2.75) is 57.3 Å². The summed E-state index contributed by atoms with van der Waals surface area (Å²) in [4.78, 5) is 14.7. The number of hydrogen-bond donors (Lipinski definition) is 1. The third-order valence-corrected chi connectivity index (χ3v) is 6.27. The van der Waals surface area contributed by atoms with Crippen molar-refractivity contribution in [1.82, 2.24) is 29.7 Å². The zero-order valence-electron chi connectivity index (χ0n) is 16.1. The van der Waals surface area contributed by atoms with Crippen LogP contribution in [-0.4, -0.2) is 48.7 Å². The Morgan fingerprint density at radius 2 is 2.00 bits per heavy atom. The van der Waals surface area contributed by atoms with Crippen LogP contribution < -0.4 is 0 Å². The fraction of sp³-hybridized carbons (Fsp3) is 0.524. The Morgan fingerprint density at radius 3 is 2.89 bits per heavy atom. The standard InChI is InChI=1S/C21H26N6O/c28-20(9-8-18-16-5-1-2-6-17(16)22-23-18)26-13-10-15(11-14-26)21-25-24-19-7-3-4-12-27(19)21/h3-4,7,12,15H,1-2,5-6,8-11,13-14H2,(H,22,23). The maximum atomic E-state index is 12.7. The lowest BCUT2D eigenvalue weighted by atomic mass is 9.94. The molecule has 7 heteroatoms. The monoisotopic (exact) mass is 378 g/mol. The van der Waals surface area contributed by atoms with E-state index in [4.69, 9.17) is 0 Å². The molecular weight excluding hydrogens is 352 g/mol. The van der Waals surface area contributed by atoms with Gasteiger partial charge in [0.05, 0.1) is 5.69 Å². The molecule has 0 bridgehead atoms. The lowest BCUT2D eigenvalue weighted by molar-refractivity contribution is -0.132. The molecule has 0 aromatic carbocycles. The minimum atomic E-state index is 0.247. The first-order chi connectivity index (χ1) is 13.8. The molecule has 0 spiro atoms. The summed E-state index contributed by atoms with van der Waals surface area (Å²) in [7, 11) is 0. The summed E-state index contributed by atoms with van der Waals surface area (Å²) >= 11 is 0. The van der Waals surface area contributed by atoms with E-state index in [1.165, 1.54) is 24.1 Å². The van der Waals surface area contributed by atoms with Gasteiger partial charge < -0.3 is 4.90 Å². The number of carbonyl (C=O) groups excluding carboxylic acids is 1. The fourth-order valence-corrected chi connectivity index (χ4v) is 4.67. The number of likely N-dealkylation sites (tertiary alicyclic amines) is 1. The molecule has 5 rings (SSSR count). The molecule has 1 fully saturated rings. The molecule has 0 radical (unpaired) electrons. The number of aromatic nitrogens is 5. The van der Waals surface area contributed by atoms with Crippen LogP contribution >= 0.6 is 0 Å². The van der Waals surface area contributed by atoms with E-state index in [0.29, 0.717) is 12.3 Å². The largest absolute Gasteiger partial charge is 0.343 e. The van der Waals surface area contributed by atoms with Crippen molar-refractivity contribution < 1.29 is 4.79 Å². The molecule has 2 aliphatic rings. The van der Waals surface area contributed by atoms with Crippen LogP contribution in [-0.2, 0) is 24.1 Å². The minimum Gasteiger partial charge on any atom is -0.343 e. The zero-order valence-corrected chi connectivity index (χ0v) is 16.1. The maximum absolute atomic E-state index is 12.7. The van der Waals surface area contributed by atoms with E-state index in [9.17, 15) is 4.79 Å². The van der Waals surface area contributed by atoms with Gasteiger partial charge in [0.15, 0.2) is 5.65 Å². The van der Waals surface area contributed by atoms with Crippen LogP contribution in [0.3, 0.4) is 0 Å². The molecule has 3 aromatic rings. The van der Waals surface area contributed by atoms with E-state index in [0.717, 1.165) is 62.4 Å². The second-order valence-electron chi connectivity index (χ2n) is 7.98. The molecular formula is C21H26N6O. The molecule has 3 aromatic heterocycles. The Kier molecular flexibility index (Phi) is 4.58. The van der Waals surface area contributed by atoms with Crippen molar-refractivity contribution >= 4 is 11.6 Å². The normalized spacial score (nSPS) is 17.8. The maximum Gasteiger partial charge on any atom is 0.222 e. The highest BCUT2D eigenvalue weighted by atomic mass is 16.2. The number of nitrogens with zero attached hydrogens (tertiary/aromatic N) is 5. The second-order valence-corrected chi connectivity index (χ2v) is 7.98. The summed E-state index contributed by atoms with van der Waals surface area (Å²) in [5.41, 5.74) is 4.65. The van der Waals surface area contributed by atoms with Crippen molar-refractivity contribution in [2.24, 2.45) is 0 Å². The van der Waals surface area contributed by atoms with Gasteiger partial charge in [0.2, 0.25) is 5.91 Å². The molecule has 7 nitrogen and oxygen atoms in total. The van der Waals surface area contributed by atoms with Gasteiger partial charge in [0, 0.05) is 43.7 Å². The first-order valence-corrected chi connectivity index (χ1v) is 10.4. The number of rotatable bonds is 4. The van der Waals surface area contributed by atoms with Crippen LogP contribution in [0.4, 0.5) is 0 Å². The molecule has 1 amide bonds. The highest BCUT2D eigenvalue weighted by Gasteiger charge is 2.27. The number of hydrogen-bond acceptors (Lipinski definition) is 4. The Balaban J connectivity index is 1.18. The highest BCUT2D eigenvalue weighted by Crippen LogP contribution is 2.28. The third-order valence-electron chi connectivity index (χ3n) is 6.27. The van der Waals surface area contributed by atoms with Gasteiger partial charge in [-0.1, -0.05) is 6.07 Å². The van der Waals surface area contributed by atoms with Crippen molar-refractivity contribution in [1.29, 1.82) is 0 Å². The lowest BCUT2D eigenvalue weighted by Gasteiger charge is -2.31. The molecule has 28 heavy (non-hydrogen) atoms. The van der Waals surface area contributed by atoms with E-state index in [2.05, 4.69) is 24.8 Å². The number of amides is 1. The molecule has 0 atom stereocenters. The summed E-state index contributed by atoms with van der Waals surface area (Å²) in [5, 5.41) is 16.3. The first kappa shape index (κ1) is 17.4. The molecule has 0 saturated carbocycles. The zero-order chi connectivity index (χ0) is 18.9. The Bertz CT molecular complexity index is 982. The van der Waals surface area contributed by atoms with Crippen LogP contribution in [0.1, 0.15) is 60.8 Å². The smallest absolute Gasteiger partial charge is 0.222 e. The third kappa shape index (κ3) is 3.19. The molecule has 1 saturated heterocycles. The second kappa shape index (κ2) is 7.37. The topological polar surface area (TPSA) is 79.2 Å².